The number of aromatic nitrogens is 6. The third-order valence-corrected chi connectivity index (χ3v) is 7.84. The smallest absolute Gasteiger partial charge is 0.228 e. The summed E-state index contributed by atoms with van der Waals surface area (Å²) in [6.07, 6.45) is 5.18. The highest BCUT2D eigenvalue weighted by Crippen LogP contribution is 2.35. The number of hydrogen-bond donors (Lipinski definition) is 3. The standard InChI is InChI=1S/C31H22FN7OS/c1-17-7-8-25(41-17)22-9-10-34-30-28(22)36-31(37-30)29-23-13-19(14-24(32)27(23)38-39-29)20-12-21(16-33-15-20)35-26(40)11-18-5-3-2-4-6-18/h2-10,12-16H,11H2,1H3,(H,35,40)(H,38,39)(H,34,36,37). The Balaban J connectivity index is 1.24. The van der Waals surface area contributed by atoms with E-state index in [9.17, 15) is 4.79 Å². The topological polar surface area (TPSA) is 112 Å². The van der Waals surface area contributed by atoms with E-state index in [2.05, 4.69) is 49.5 Å². The van der Waals surface area contributed by atoms with Crippen LogP contribution in [0.4, 0.5) is 10.1 Å². The van der Waals surface area contributed by atoms with Crippen molar-refractivity contribution in [2.24, 2.45) is 0 Å². The lowest BCUT2D eigenvalue weighted by Crippen LogP contribution is -2.14. The molecule has 0 aliphatic heterocycles. The molecule has 41 heavy (non-hydrogen) atoms. The number of carbonyl (C=O) groups is 1. The van der Waals surface area contributed by atoms with Gasteiger partial charge >= 0.3 is 0 Å². The molecule has 200 valence electrons. The second kappa shape index (κ2) is 10.1. The summed E-state index contributed by atoms with van der Waals surface area (Å²) in [5.41, 5.74) is 5.78. The summed E-state index contributed by atoms with van der Waals surface area (Å²) in [7, 11) is 0. The second-order valence-corrected chi connectivity index (χ2v) is 11.0. The molecule has 0 bridgehead atoms. The number of amides is 1. The van der Waals surface area contributed by atoms with Gasteiger partial charge in [0.2, 0.25) is 5.91 Å². The third kappa shape index (κ3) is 4.74. The summed E-state index contributed by atoms with van der Waals surface area (Å²) in [6, 6.07) is 20.6. The molecule has 0 aliphatic carbocycles. The van der Waals surface area contributed by atoms with E-state index < -0.39 is 5.82 Å². The molecule has 10 heteroatoms. The van der Waals surface area contributed by atoms with Crippen LogP contribution in [0.2, 0.25) is 0 Å². The van der Waals surface area contributed by atoms with E-state index in [0.717, 1.165) is 21.5 Å². The van der Waals surface area contributed by atoms with Crippen molar-refractivity contribution in [2.45, 2.75) is 13.3 Å². The van der Waals surface area contributed by atoms with E-state index in [4.69, 9.17) is 4.98 Å². The average Bonchev–Trinajstić information content (AvgIpc) is 3.71. The molecule has 0 saturated carbocycles. The van der Waals surface area contributed by atoms with E-state index in [1.807, 2.05) is 42.5 Å². The Bertz CT molecular complexity index is 2060. The Labute approximate surface area is 237 Å². The predicted octanol–water partition coefficient (Wildman–Crippen LogP) is 6.92. The monoisotopic (exact) mass is 559 g/mol. The van der Waals surface area contributed by atoms with Crippen LogP contribution in [0.15, 0.2) is 85.3 Å². The van der Waals surface area contributed by atoms with Crippen LogP contribution in [0.25, 0.3) is 55.2 Å². The number of benzene rings is 2. The van der Waals surface area contributed by atoms with Crippen LogP contribution in [0.1, 0.15) is 10.4 Å². The van der Waals surface area contributed by atoms with Gasteiger partial charge in [0.05, 0.1) is 23.8 Å². The van der Waals surface area contributed by atoms with E-state index >= 15 is 4.39 Å². The van der Waals surface area contributed by atoms with Gasteiger partial charge in [-0.25, -0.2) is 14.4 Å². The zero-order valence-corrected chi connectivity index (χ0v) is 22.6. The van der Waals surface area contributed by atoms with Crippen LogP contribution in [0.5, 0.6) is 0 Å². The van der Waals surface area contributed by atoms with Gasteiger partial charge in [0.15, 0.2) is 17.3 Å². The summed E-state index contributed by atoms with van der Waals surface area (Å²) >= 11 is 1.69. The second-order valence-electron chi connectivity index (χ2n) is 9.68. The van der Waals surface area contributed by atoms with Crippen LogP contribution in [-0.4, -0.2) is 36.0 Å². The van der Waals surface area contributed by atoms with Crippen molar-refractivity contribution in [3.8, 4) is 33.1 Å². The highest BCUT2D eigenvalue weighted by atomic mass is 32.1. The van der Waals surface area contributed by atoms with Gasteiger partial charge in [-0.15, -0.1) is 11.3 Å². The first-order valence-electron chi connectivity index (χ1n) is 12.9. The fourth-order valence-corrected chi connectivity index (χ4v) is 5.79. The number of aryl methyl sites for hydroxylation is 1. The van der Waals surface area contributed by atoms with Crippen LogP contribution in [0, 0.1) is 12.7 Å². The molecule has 0 aliphatic rings. The molecule has 0 spiro atoms. The van der Waals surface area contributed by atoms with Gasteiger partial charge in [0.25, 0.3) is 0 Å². The average molecular weight is 560 g/mol. The number of rotatable bonds is 6. The Morgan fingerprint density at radius 2 is 1.90 bits per heavy atom. The largest absolute Gasteiger partial charge is 0.335 e. The molecule has 1 amide bonds. The molecule has 0 saturated heterocycles. The number of nitrogens with zero attached hydrogens (tertiary/aromatic N) is 4. The normalized spacial score (nSPS) is 11.4. The van der Waals surface area contributed by atoms with Gasteiger partial charge in [-0.3, -0.25) is 14.9 Å². The van der Waals surface area contributed by atoms with Crippen molar-refractivity contribution in [1.82, 2.24) is 30.1 Å². The molecule has 5 heterocycles. The number of carbonyl (C=O) groups excluding carboxylic acids is 1. The summed E-state index contributed by atoms with van der Waals surface area (Å²) < 4.78 is 15.3. The van der Waals surface area contributed by atoms with Gasteiger partial charge in [-0.2, -0.15) is 5.10 Å². The number of imidazole rings is 1. The van der Waals surface area contributed by atoms with Crippen LogP contribution >= 0.6 is 11.3 Å². The van der Waals surface area contributed by atoms with Crippen LogP contribution in [-0.2, 0) is 11.2 Å². The highest BCUT2D eigenvalue weighted by molar-refractivity contribution is 7.15. The molecule has 0 radical (unpaired) electrons. The number of nitrogens with one attached hydrogen (secondary N) is 3. The molecule has 0 fully saturated rings. The molecular weight excluding hydrogens is 537 g/mol. The predicted molar refractivity (Wildman–Crippen MR) is 159 cm³/mol. The lowest BCUT2D eigenvalue weighted by molar-refractivity contribution is -0.115. The van der Waals surface area contributed by atoms with E-state index in [1.165, 1.54) is 10.9 Å². The first-order valence-corrected chi connectivity index (χ1v) is 13.7. The molecular formula is C31H22FN7OS. The van der Waals surface area contributed by atoms with Crippen molar-refractivity contribution in [2.75, 3.05) is 5.32 Å². The number of aromatic amines is 2. The maximum absolute atomic E-state index is 15.3. The van der Waals surface area contributed by atoms with Crippen molar-refractivity contribution < 1.29 is 9.18 Å². The van der Waals surface area contributed by atoms with Crippen molar-refractivity contribution >= 4 is 45.0 Å². The number of thiophene rings is 1. The van der Waals surface area contributed by atoms with Gasteiger partial charge in [-0.1, -0.05) is 30.3 Å². The summed E-state index contributed by atoms with van der Waals surface area (Å²) in [6.45, 7) is 2.07. The maximum Gasteiger partial charge on any atom is 0.228 e. The van der Waals surface area contributed by atoms with E-state index in [1.54, 1.807) is 36.0 Å². The quantitative estimate of drug-likeness (QED) is 0.205. The number of hydrogen-bond acceptors (Lipinski definition) is 6. The van der Waals surface area contributed by atoms with E-state index in [-0.39, 0.29) is 17.8 Å². The Kier molecular flexibility index (Phi) is 6.09. The number of halogens is 1. The minimum atomic E-state index is -0.484. The fraction of sp³-hybridized carbons (Fsp3) is 0.0645. The molecule has 5 aromatic heterocycles. The minimum absolute atomic E-state index is 0.163. The molecule has 7 rings (SSSR count). The molecule has 2 aromatic carbocycles. The SMILES string of the molecule is Cc1ccc(-c2ccnc3nc(-c4[nH]nc5c(F)cc(-c6cncc(NC(=O)Cc7ccccc7)c6)cc45)[nH]c23)s1. The van der Waals surface area contributed by atoms with Gasteiger partial charge in [0, 0.05) is 38.7 Å². The lowest BCUT2D eigenvalue weighted by atomic mass is 10.0. The molecule has 8 nitrogen and oxygen atoms in total. The summed E-state index contributed by atoms with van der Waals surface area (Å²) in [4.78, 5) is 31.7. The molecule has 3 N–H and O–H groups in total. The van der Waals surface area contributed by atoms with E-state index in [0.29, 0.717) is 39.4 Å². The van der Waals surface area contributed by atoms with Crippen molar-refractivity contribution in [3.05, 3.63) is 102 Å². The van der Waals surface area contributed by atoms with Crippen LogP contribution < -0.4 is 5.32 Å². The number of fused-ring (bicyclic) bond motifs is 2. The first-order chi connectivity index (χ1) is 20.0. The summed E-state index contributed by atoms with van der Waals surface area (Å²) in [5, 5.41) is 10.6. The van der Waals surface area contributed by atoms with Gasteiger partial charge in [-0.05, 0) is 54.4 Å². The zero-order valence-electron chi connectivity index (χ0n) is 21.8. The first kappa shape index (κ1) is 24.8. The lowest BCUT2D eigenvalue weighted by Gasteiger charge is -2.08. The van der Waals surface area contributed by atoms with Crippen molar-refractivity contribution in [3.63, 3.8) is 0 Å². The Morgan fingerprint density at radius 3 is 2.73 bits per heavy atom. The maximum atomic E-state index is 15.3. The third-order valence-electron chi connectivity index (χ3n) is 6.81. The Hall–Kier alpha value is -5.22. The molecule has 0 unspecified atom stereocenters. The summed E-state index contributed by atoms with van der Waals surface area (Å²) in [5.74, 6) is -0.140. The number of H-pyrrole nitrogens is 2. The number of pyridine rings is 2. The molecule has 0 atom stereocenters. The van der Waals surface area contributed by atoms with Crippen molar-refractivity contribution in [1.29, 1.82) is 0 Å². The minimum Gasteiger partial charge on any atom is -0.335 e. The van der Waals surface area contributed by atoms with Gasteiger partial charge < -0.3 is 10.3 Å². The fourth-order valence-electron chi connectivity index (χ4n) is 4.89. The zero-order chi connectivity index (χ0) is 27.9. The van der Waals surface area contributed by atoms with Gasteiger partial charge in [0.1, 0.15) is 11.2 Å². The Morgan fingerprint density at radius 1 is 1.02 bits per heavy atom. The number of anilines is 1. The highest BCUT2D eigenvalue weighted by Gasteiger charge is 2.19. The molecule has 7 aromatic rings. The van der Waals surface area contributed by atoms with Crippen LogP contribution in [0.3, 0.4) is 0 Å².